The first-order chi connectivity index (χ1) is 5.91. The molecule has 0 aromatic rings. The Bertz CT molecular complexity index is 204. The van der Waals surface area contributed by atoms with Crippen molar-refractivity contribution in [2.45, 2.75) is 38.1 Å². The summed E-state index contributed by atoms with van der Waals surface area (Å²) in [5, 5.41) is 9.39. The predicted molar refractivity (Wildman–Crippen MR) is 45.1 cm³/mol. The van der Waals surface area contributed by atoms with Gasteiger partial charge in [0.2, 0.25) is 0 Å². The van der Waals surface area contributed by atoms with Gasteiger partial charge in [-0.3, -0.25) is 0 Å². The van der Waals surface area contributed by atoms with Crippen molar-refractivity contribution >= 4 is 6.09 Å². The average molecular weight is 189 g/mol. The summed E-state index contributed by atoms with van der Waals surface area (Å²) in [7, 11) is 0. The molecule has 0 aromatic carbocycles. The monoisotopic (exact) mass is 189 g/mol. The maximum absolute atomic E-state index is 10.5. The highest BCUT2D eigenvalue weighted by Crippen LogP contribution is 2.26. The number of primary amides is 1. The van der Waals surface area contributed by atoms with Crippen LogP contribution < -0.4 is 5.73 Å². The Hall–Kier alpha value is -0.810. The molecule has 76 valence electrons. The minimum atomic E-state index is -0.859. The smallest absolute Gasteiger partial charge is 0.404 e. The maximum atomic E-state index is 10.5. The van der Waals surface area contributed by atoms with Crippen molar-refractivity contribution in [3.05, 3.63) is 0 Å². The van der Waals surface area contributed by atoms with E-state index in [1.54, 1.807) is 0 Å². The number of hydrogen-bond acceptors (Lipinski definition) is 4. The third kappa shape index (κ3) is 2.86. The van der Waals surface area contributed by atoms with Crippen molar-refractivity contribution in [1.82, 2.24) is 0 Å². The van der Waals surface area contributed by atoms with Crippen LogP contribution in [-0.2, 0) is 9.47 Å². The van der Waals surface area contributed by atoms with Gasteiger partial charge in [0.1, 0.15) is 12.2 Å². The third-order valence-corrected chi connectivity index (χ3v) is 2.03. The Kier molecular flexibility index (Phi) is 2.77. The molecule has 0 unspecified atom stereocenters. The molecule has 0 aromatic heterocycles. The summed E-state index contributed by atoms with van der Waals surface area (Å²) in [6.07, 6.45) is -1.74. The standard InChI is InChI=1S/C8H15NO4/c1-8(2)3-6(13-7(9)11)5(10)4-12-8/h5-6,10H,3-4H2,1-2H3,(H2,9,11)/t5-,6+/m0/s1. The molecule has 5 heteroatoms. The van der Waals surface area contributed by atoms with Crippen molar-refractivity contribution in [2.24, 2.45) is 5.73 Å². The van der Waals surface area contributed by atoms with Gasteiger partial charge in [0.15, 0.2) is 0 Å². The number of aliphatic hydroxyl groups excluding tert-OH is 1. The number of carbonyl (C=O) groups excluding carboxylic acids is 1. The molecule has 1 heterocycles. The van der Waals surface area contributed by atoms with E-state index in [4.69, 9.17) is 15.2 Å². The fraction of sp³-hybridized carbons (Fsp3) is 0.875. The molecule has 13 heavy (non-hydrogen) atoms. The van der Waals surface area contributed by atoms with Crippen LogP contribution in [0.25, 0.3) is 0 Å². The summed E-state index contributed by atoms with van der Waals surface area (Å²) >= 11 is 0. The lowest BCUT2D eigenvalue weighted by Gasteiger charge is -2.37. The molecule has 0 bridgehead atoms. The molecule has 1 fully saturated rings. The highest BCUT2D eigenvalue weighted by atomic mass is 16.6. The zero-order chi connectivity index (χ0) is 10.1. The van der Waals surface area contributed by atoms with Crippen LogP contribution in [0.4, 0.5) is 4.79 Å². The second-order valence-corrected chi connectivity index (χ2v) is 3.82. The first kappa shape index (κ1) is 10.3. The summed E-state index contributed by atoms with van der Waals surface area (Å²) in [5.41, 5.74) is 4.49. The van der Waals surface area contributed by atoms with E-state index in [2.05, 4.69) is 0 Å². The second kappa shape index (κ2) is 3.51. The van der Waals surface area contributed by atoms with Gasteiger partial charge in [0.25, 0.3) is 0 Å². The summed E-state index contributed by atoms with van der Waals surface area (Å²) in [4.78, 5) is 10.5. The number of ether oxygens (including phenoxy) is 2. The zero-order valence-electron chi connectivity index (χ0n) is 7.82. The Morgan fingerprint density at radius 3 is 2.85 bits per heavy atom. The molecule has 0 spiro atoms. The van der Waals surface area contributed by atoms with Crippen molar-refractivity contribution in [2.75, 3.05) is 6.61 Å². The molecule has 0 radical (unpaired) electrons. The largest absolute Gasteiger partial charge is 0.443 e. The molecular weight excluding hydrogens is 174 g/mol. The van der Waals surface area contributed by atoms with Crippen LogP contribution >= 0.6 is 0 Å². The number of aliphatic hydroxyl groups is 1. The normalized spacial score (nSPS) is 32.5. The highest BCUT2D eigenvalue weighted by molar-refractivity contribution is 5.64. The number of carbonyl (C=O) groups is 1. The topological polar surface area (TPSA) is 81.8 Å². The van der Waals surface area contributed by atoms with Crippen molar-refractivity contribution < 1.29 is 19.4 Å². The van der Waals surface area contributed by atoms with Crippen LogP contribution in [0.3, 0.4) is 0 Å². The van der Waals surface area contributed by atoms with Gasteiger partial charge in [-0.25, -0.2) is 4.79 Å². The SMILES string of the molecule is CC1(C)C[C@@H](OC(N)=O)[C@@H](O)CO1. The molecule has 1 aliphatic heterocycles. The first-order valence-electron chi connectivity index (χ1n) is 4.19. The number of hydrogen-bond donors (Lipinski definition) is 2. The Balaban J connectivity index is 2.55. The van der Waals surface area contributed by atoms with E-state index < -0.39 is 18.3 Å². The molecule has 0 saturated carbocycles. The maximum Gasteiger partial charge on any atom is 0.404 e. The first-order valence-corrected chi connectivity index (χ1v) is 4.19. The van der Waals surface area contributed by atoms with Gasteiger partial charge in [-0.15, -0.1) is 0 Å². The Labute approximate surface area is 76.8 Å². The summed E-state index contributed by atoms with van der Waals surface area (Å²) < 4.78 is 10.1. The van der Waals surface area contributed by atoms with Gasteiger partial charge < -0.3 is 20.3 Å². The fourth-order valence-corrected chi connectivity index (χ4v) is 1.37. The van der Waals surface area contributed by atoms with Crippen LogP contribution in [-0.4, -0.2) is 35.6 Å². The predicted octanol–water partition coefficient (Wildman–Crippen LogP) is 0.0101. The van der Waals surface area contributed by atoms with Crippen LogP contribution in [0.2, 0.25) is 0 Å². The molecule has 0 aliphatic carbocycles. The van der Waals surface area contributed by atoms with Crippen molar-refractivity contribution in [3.8, 4) is 0 Å². The van der Waals surface area contributed by atoms with Gasteiger partial charge in [-0.1, -0.05) is 0 Å². The fourth-order valence-electron chi connectivity index (χ4n) is 1.37. The average Bonchev–Trinajstić information content (AvgIpc) is 1.95. The molecular formula is C8H15NO4. The zero-order valence-corrected chi connectivity index (χ0v) is 7.82. The third-order valence-electron chi connectivity index (χ3n) is 2.03. The van der Waals surface area contributed by atoms with Gasteiger partial charge in [-0.05, 0) is 13.8 Å². The number of rotatable bonds is 1. The lowest BCUT2D eigenvalue weighted by Crippen LogP contribution is -2.48. The summed E-state index contributed by atoms with van der Waals surface area (Å²) in [6.45, 7) is 3.91. The lowest BCUT2D eigenvalue weighted by atomic mass is 9.94. The van der Waals surface area contributed by atoms with Gasteiger partial charge in [-0.2, -0.15) is 0 Å². The molecule has 3 N–H and O–H groups in total. The van der Waals surface area contributed by atoms with Crippen LogP contribution in [0, 0.1) is 0 Å². The minimum absolute atomic E-state index is 0.172. The second-order valence-electron chi connectivity index (χ2n) is 3.82. The van der Waals surface area contributed by atoms with Gasteiger partial charge in [0, 0.05) is 6.42 Å². The van der Waals surface area contributed by atoms with E-state index >= 15 is 0 Å². The van der Waals surface area contributed by atoms with E-state index in [0.29, 0.717) is 6.42 Å². The highest BCUT2D eigenvalue weighted by Gasteiger charge is 2.36. The molecule has 1 amide bonds. The summed E-state index contributed by atoms with van der Waals surface area (Å²) in [5.74, 6) is 0. The Morgan fingerprint density at radius 2 is 2.31 bits per heavy atom. The van der Waals surface area contributed by atoms with Gasteiger partial charge in [0.05, 0.1) is 12.2 Å². The molecule has 1 saturated heterocycles. The Morgan fingerprint density at radius 1 is 1.69 bits per heavy atom. The number of nitrogens with two attached hydrogens (primary N) is 1. The molecule has 1 rings (SSSR count). The van der Waals surface area contributed by atoms with E-state index in [9.17, 15) is 9.90 Å². The van der Waals surface area contributed by atoms with Crippen LogP contribution in [0.15, 0.2) is 0 Å². The lowest BCUT2D eigenvalue weighted by molar-refractivity contribution is -0.156. The van der Waals surface area contributed by atoms with Crippen molar-refractivity contribution in [1.29, 1.82) is 0 Å². The minimum Gasteiger partial charge on any atom is -0.443 e. The van der Waals surface area contributed by atoms with Crippen molar-refractivity contribution in [3.63, 3.8) is 0 Å². The molecule has 2 atom stereocenters. The van der Waals surface area contributed by atoms with E-state index in [1.165, 1.54) is 0 Å². The van der Waals surface area contributed by atoms with E-state index in [-0.39, 0.29) is 12.2 Å². The van der Waals surface area contributed by atoms with Crippen LogP contribution in [0.1, 0.15) is 20.3 Å². The number of amides is 1. The summed E-state index contributed by atoms with van der Waals surface area (Å²) in [6, 6.07) is 0. The van der Waals surface area contributed by atoms with Crippen LogP contribution in [0.5, 0.6) is 0 Å². The quantitative estimate of drug-likeness (QED) is 0.608. The van der Waals surface area contributed by atoms with Gasteiger partial charge >= 0.3 is 6.09 Å². The van der Waals surface area contributed by atoms with E-state index in [1.807, 2.05) is 13.8 Å². The molecule has 5 nitrogen and oxygen atoms in total. The molecule has 1 aliphatic rings. The van der Waals surface area contributed by atoms with E-state index in [0.717, 1.165) is 0 Å².